The van der Waals surface area contributed by atoms with Crippen LogP contribution in [-0.2, 0) is 19.6 Å². The van der Waals surface area contributed by atoms with Gasteiger partial charge in [0.1, 0.15) is 0 Å². The Morgan fingerprint density at radius 3 is 2.40 bits per heavy atom. The van der Waals surface area contributed by atoms with Crippen LogP contribution in [-0.4, -0.2) is 31.3 Å². The molecule has 0 aliphatic heterocycles. The number of carbonyl (C=O) groups excluding carboxylic acids is 1. The third kappa shape index (κ3) is 11.0. The normalized spacial score (nSPS) is 11.0. The van der Waals surface area contributed by atoms with Crippen molar-refractivity contribution >= 4 is 16.1 Å². The van der Waals surface area contributed by atoms with Gasteiger partial charge >= 0.3 is 5.97 Å². The molecule has 0 bridgehead atoms. The molecular weight excluding hydrogens is 220 g/mol. The zero-order valence-corrected chi connectivity index (χ0v) is 9.33. The van der Waals surface area contributed by atoms with Crippen molar-refractivity contribution in [1.82, 2.24) is 0 Å². The Labute approximate surface area is 89.9 Å². The summed E-state index contributed by atoms with van der Waals surface area (Å²) in [5, 5.41) is 0. The summed E-state index contributed by atoms with van der Waals surface area (Å²) in [6, 6.07) is 0. The Morgan fingerprint density at radius 2 is 1.87 bits per heavy atom. The third-order valence-corrected chi connectivity index (χ3v) is 2.51. The van der Waals surface area contributed by atoms with E-state index in [9.17, 15) is 13.2 Å². The molecule has 0 atom stereocenters. The third-order valence-electron chi connectivity index (χ3n) is 1.71. The molecule has 0 radical (unpaired) electrons. The zero-order chi connectivity index (χ0) is 11.7. The maximum Gasteiger partial charge on any atom is 0.330 e. The van der Waals surface area contributed by atoms with Crippen LogP contribution >= 0.6 is 0 Å². The number of carbonyl (C=O) groups is 1. The summed E-state index contributed by atoms with van der Waals surface area (Å²) in [4.78, 5) is 10.6. The van der Waals surface area contributed by atoms with Crippen molar-refractivity contribution in [2.24, 2.45) is 0 Å². The second-order valence-electron chi connectivity index (χ2n) is 3.07. The lowest BCUT2D eigenvalue weighted by Gasteiger charge is -2.01. The summed E-state index contributed by atoms with van der Waals surface area (Å²) < 4.78 is 33.8. The second-order valence-corrected chi connectivity index (χ2v) is 4.64. The number of hydrogen-bond acceptors (Lipinski definition) is 4. The summed E-state index contributed by atoms with van der Waals surface area (Å²) in [7, 11) is -3.83. The molecule has 0 heterocycles. The van der Waals surface area contributed by atoms with E-state index in [1.165, 1.54) is 0 Å². The average Bonchev–Trinajstić information content (AvgIpc) is 2.14. The van der Waals surface area contributed by atoms with E-state index in [-0.39, 0.29) is 5.75 Å². The van der Waals surface area contributed by atoms with Gasteiger partial charge in [-0.25, -0.2) is 4.79 Å². The minimum Gasteiger partial charge on any atom is -0.463 e. The van der Waals surface area contributed by atoms with E-state index >= 15 is 0 Å². The molecule has 0 fully saturated rings. The highest BCUT2D eigenvalue weighted by Crippen LogP contribution is 2.02. The molecule has 0 aromatic heterocycles. The Bertz CT molecular complexity index is 294. The second kappa shape index (κ2) is 7.42. The van der Waals surface area contributed by atoms with Crippen molar-refractivity contribution < 1.29 is 22.5 Å². The minimum atomic E-state index is -3.83. The molecule has 88 valence electrons. The fraction of sp³-hybridized carbons (Fsp3) is 0.667. The van der Waals surface area contributed by atoms with Crippen molar-refractivity contribution in [1.29, 1.82) is 0 Å². The van der Waals surface area contributed by atoms with Crippen LogP contribution in [0.1, 0.15) is 25.7 Å². The highest BCUT2D eigenvalue weighted by Gasteiger charge is 2.03. The fourth-order valence-corrected chi connectivity index (χ4v) is 1.54. The summed E-state index contributed by atoms with van der Waals surface area (Å²) in [6.07, 6.45) is 3.66. The van der Waals surface area contributed by atoms with Crippen LogP contribution in [0.4, 0.5) is 0 Å². The molecule has 6 heteroatoms. The monoisotopic (exact) mass is 236 g/mol. The van der Waals surface area contributed by atoms with Crippen molar-refractivity contribution in [2.75, 3.05) is 12.4 Å². The zero-order valence-electron chi connectivity index (χ0n) is 8.52. The quantitative estimate of drug-likeness (QED) is 0.296. The summed E-state index contributed by atoms with van der Waals surface area (Å²) in [6.45, 7) is 3.56. The lowest BCUT2D eigenvalue weighted by molar-refractivity contribution is -0.137. The van der Waals surface area contributed by atoms with Crippen molar-refractivity contribution in [3.05, 3.63) is 12.7 Å². The average molecular weight is 236 g/mol. The predicted octanol–water partition coefficient (Wildman–Crippen LogP) is 1.16. The van der Waals surface area contributed by atoms with Gasteiger partial charge in [-0.05, 0) is 12.8 Å². The largest absolute Gasteiger partial charge is 0.463 e. The van der Waals surface area contributed by atoms with Crippen molar-refractivity contribution in [3.8, 4) is 0 Å². The summed E-state index contributed by atoms with van der Waals surface area (Å²) >= 11 is 0. The van der Waals surface area contributed by atoms with Crippen LogP contribution < -0.4 is 0 Å². The number of unbranched alkanes of at least 4 members (excludes halogenated alkanes) is 3. The first-order chi connectivity index (χ1) is 6.95. The Morgan fingerprint density at radius 1 is 1.27 bits per heavy atom. The van der Waals surface area contributed by atoms with Gasteiger partial charge in [0.15, 0.2) is 0 Å². The smallest absolute Gasteiger partial charge is 0.330 e. The molecule has 1 N–H and O–H groups in total. The number of esters is 1. The summed E-state index contributed by atoms with van der Waals surface area (Å²) in [5.41, 5.74) is 0. The van der Waals surface area contributed by atoms with Crippen LogP contribution in [0.15, 0.2) is 12.7 Å². The van der Waals surface area contributed by atoms with Crippen LogP contribution in [0.5, 0.6) is 0 Å². The van der Waals surface area contributed by atoms with Gasteiger partial charge in [-0.3, -0.25) is 4.55 Å². The van der Waals surface area contributed by atoms with Gasteiger partial charge < -0.3 is 4.74 Å². The highest BCUT2D eigenvalue weighted by molar-refractivity contribution is 7.85. The number of ether oxygens (including phenoxy) is 1. The first-order valence-corrected chi connectivity index (χ1v) is 6.31. The molecule has 0 aromatic carbocycles. The standard InChI is InChI=1S/C9H16O5S/c1-2-9(10)14-7-5-3-4-6-8-15(11,12)13/h2H,1,3-8H2,(H,11,12,13). The molecule has 0 aromatic rings. The lowest BCUT2D eigenvalue weighted by Crippen LogP contribution is -2.04. The van der Waals surface area contributed by atoms with Crippen LogP contribution in [0.3, 0.4) is 0 Å². The predicted molar refractivity (Wildman–Crippen MR) is 56.0 cm³/mol. The van der Waals surface area contributed by atoms with E-state index in [4.69, 9.17) is 9.29 Å². The van der Waals surface area contributed by atoms with E-state index < -0.39 is 16.1 Å². The molecule has 0 spiro atoms. The highest BCUT2D eigenvalue weighted by atomic mass is 32.2. The molecule has 0 rings (SSSR count). The van der Waals surface area contributed by atoms with Crippen LogP contribution in [0.2, 0.25) is 0 Å². The number of hydrogen-bond donors (Lipinski definition) is 1. The molecule has 5 nitrogen and oxygen atoms in total. The van der Waals surface area contributed by atoms with E-state index in [0.717, 1.165) is 12.5 Å². The first kappa shape index (κ1) is 14.1. The van der Waals surface area contributed by atoms with Gasteiger partial charge in [0.2, 0.25) is 0 Å². The SMILES string of the molecule is C=CC(=O)OCCCCCCS(=O)(=O)O. The van der Waals surface area contributed by atoms with Crippen molar-refractivity contribution in [3.63, 3.8) is 0 Å². The lowest BCUT2D eigenvalue weighted by atomic mass is 10.2. The van der Waals surface area contributed by atoms with E-state index in [2.05, 4.69) is 6.58 Å². The van der Waals surface area contributed by atoms with Crippen LogP contribution in [0, 0.1) is 0 Å². The number of rotatable bonds is 8. The fourth-order valence-electron chi connectivity index (χ4n) is 0.972. The summed E-state index contributed by atoms with van der Waals surface area (Å²) in [5.74, 6) is -0.660. The van der Waals surface area contributed by atoms with Gasteiger partial charge in [0, 0.05) is 6.08 Å². The van der Waals surface area contributed by atoms with Gasteiger partial charge in [-0.15, -0.1) is 0 Å². The molecular formula is C9H16O5S. The van der Waals surface area contributed by atoms with Gasteiger partial charge in [0.05, 0.1) is 12.4 Å². The molecule has 0 unspecified atom stereocenters. The van der Waals surface area contributed by atoms with E-state index in [1.54, 1.807) is 0 Å². The Hall–Kier alpha value is -0.880. The van der Waals surface area contributed by atoms with Crippen molar-refractivity contribution in [2.45, 2.75) is 25.7 Å². The molecule has 0 amide bonds. The molecule has 0 saturated carbocycles. The maximum atomic E-state index is 10.6. The van der Waals surface area contributed by atoms with Gasteiger partial charge in [-0.1, -0.05) is 19.4 Å². The first-order valence-electron chi connectivity index (χ1n) is 4.70. The maximum absolute atomic E-state index is 10.6. The topological polar surface area (TPSA) is 80.7 Å². The molecule has 0 saturated heterocycles. The Kier molecular flexibility index (Phi) is 6.98. The molecule has 0 aliphatic carbocycles. The van der Waals surface area contributed by atoms with E-state index in [1.807, 2.05) is 0 Å². The van der Waals surface area contributed by atoms with Crippen LogP contribution in [0.25, 0.3) is 0 Å². The molecule has 15 heavy (non-hydrogen) atoms. The van der Waals surface area contributed by atoms with Gasteiger partial charge in [0.25, 0.3) is 10.1 Å². The minimum absolute atomic E-state index is 0.209. The molecule has 0 aliphatic rings. The Balaban J connectivity index is 3.26. The van der Waals surface area contributed by atoms with E-state index in [0.29, 0.717) is 25.9 Å². The van der Waals surface area contributed by atoms with Gasteiger partial charge in [-0.2, -0.15) is 8.42 Å².